The van der Waals surface area contributed by atoms with Crippen molar-refractivity contribution in [3.05, 3.63) is 29.0 Å². The first-order valence-corrected chi connectivity index (χ1v) is 6.36. The monoisotopic (exact) mass is 240 g/mol. The molecule has 0 fully saturated rings. The maximum atomic E-state index is 5.95. The van der Waals surface area contributed by atoms with E-state index in [4.69, 9.17) is 11.6 Å². The molecule has 0 spiro atoms. The molecule has 0 bridgehead atoms. The van der Waals surface area contributed by atoms with E-state index >= 15 is 0 Å². The van der Waals surface area contributed by atoms with E-state index in [0.717, 1.165) is 36.3 Å². The predicted molar refractivity (Wildman–Crippen MR) is 69.7 cm³/mol. The standard InChI is InChI=1S/C13H21ClN2/c1-4-11(3)9-16(5-2)10-13-8-12(14)6-7-15-13/h6-8,11H,4-5,9-10H2,1-3H3. The first-order chi connectivity index (χ1) is 7.65. The van der Waals surface area contributed by atoms with E-state index in [1.807, 2.05) is 12.1 Å². The van der Waals surface area contributed by atoms with E-state index in [2.05, 4.69) is 30.7 Å². The maximum absolute atomic E-state index is 5.95. The van der Waals surface area contributed by atoms with E-state index in [1.54, 1.807) is 6.20 Å². The Bertz CT molecular complexity index is 315. The van der Waals surface area contributed by atoms with Crippen LogP contribution in [0.3, 0.4) is 0 Å². The second-order valence-corrected chi connectivity index (χ2v) is 4.74. The summed E-state index contributed by atoms with van der Waals surface area (Å²) in [6, 6.07) is 3.76. The molecule has 0 aliphatic rings. The van der Waals surface area contributed by atoms with Crippen LogP contribution >= 0.6 is 11.6 Å². The van der Waals surface area contributed by atoms with Gasteiger partial charge in [-0.25, -0.2) is 0 Å². The zero-order chi connectivity index (χ0) is 12.0. The van der Waals surface area contributed by atoms with Crippen LogP contribution in [0.15, 0.2) is 18.3 Å². The SMILES string of the molecule is CCC(C)CN(CC)Cc1cc(Cl)ccn1. The molecule has 0 aliphatic heterocycles. The molecule has 0 aliphatic carbocycles. The van der Waals surface area contributed by atoms with Crippen LogP contribution in [0, 0.1) is 5.92 Å². The van der Waals surface area contributed by atoms with E-state index < -0.39 is 0 Å². The number of aromatic nitrogens is 1. The van der Waals surface area contributed by atoms with E-state index in [1.165, 1.54) is 6.42 Å². The first-order valence-electron chi connectivity index (χ1n) is 5.98. The molecule has 0 saturated carbocycles. The van der Waals surface area contributed by atoms with Crippen LogP contribution in [0.2, 0.25) is 5.02 Å². The van der Waals surface area contributed by atoms with Gasteiger partial charge in [-0.2, -0.15) is 0 Å². The molecule has 1 rings (SSSR count). The van der Waals surface area contributed by atoms with Gasteiger partial charge in [0.15, 0.2) is 0 Å². The number of halogens is 1. The molecular formula is C13H21ClN2. The summed E-state index contributed by atoms with van der Waals surface area (Å²) in [5.74, 6) is 0.735. The Morgan fingerprint density at radius 1 is 1.44 bits per heavy atom. The summed E-state index contributed by atoms with van der Waals surface area (Å²) >= 11 is 5.95. The second-order valence-electron chi connectivity index (χ2n) is 4.31. The van der Waals surface area contributed by atoms with Gasteiger partial charge in [-0.15, -0.1) is 0 Å². The molecule has 0 aromatic carbocycles. The quantitative estimate of drug-likeness (QED) is 0.755. The highest BCUT2D eigenvalue weighted by Gasteiger charge is 2.08. The normalized spacial score (nSPS) is 13.1. The molecule has 0 N–H and O–H groups in total. The third-order valence-electron chi connectivity index (χ3n) is 2.88. The minimum atomic E-state index is 0.735. The van der Waals surface area contributed by atoms with Crippen LogP contribution in [0.1, 0.15) is 32.9 Å². The van der Waals surface area contributed by atoms with Gasteiger partial charge in [-0.1, -0.05) is 38.8 Å². The fraction of sp³-hybridized carbons (Fsp3) is 0.615. The lowest BCUT2D eigenvalue weighted by Gasteiger charge is -2.23. The maximum Gasteiger partial charge on any atom is 0.0558 e. The molecule has 16 heavy (non-hydrogen) atoms. The Morgan fingerprint density at radius 3 is 2.75 bits per heavy atom. The lowest BCUT2D eigenvalue weighted by atomic mass is 10.1. The van der Waals surface area contributed by atoms with Crippen molar-refractivity contribution in [2.24, 2.45) is 5.92 Å². The van der Waals surface area contributed by atoms with Crippen molar-refractivity contribution in [3.63, 3.8) is 0 Å². The summed E-state index contributed by atoms with van der Waals surface area (Å²) in [6.45, 7) is 9.78. The van der Waals surface area contributed by atoms with Gasteiger partial charge in [0.25, 0.3) is 0 Å². The molecule has 1 unspecified atom stereocenters. The van der Waals surface area contributed by atoms with E-state index in [-0.39, 0.29) is 0 Å². The number of pyridine rings is 1. The number of hydrogen-bond donors (Lipinski definition) is 0. The topological polar surface area (TPSA) is 16.1 Å². The van der Waals surface area contributed by atoms with Crippen molar-refractivity contribution >= 4 is 11.6 Å². The summed E-state index contributed by atoms with van der Waals surface area (Å²) in [6.07, 6.45) is 2.99. The first kappa shape index (κ1) is 13.5. The Morgan fingerprint density at radius 2 is 2.19 bits per heavy atom. The summed E-state index contributed by atoms with van der Waals surface area (Å²) < 4.78 is 0. The lowest BCUT2D eigenvalue weighted by Crippen LogP contribution is -2.28. The van der Waals surface area contributed by atoms with Gasteiger partial charge in [-0.3, -0.25) is 9.88 Å². The molecule has 1 aromatic heterocycles. The van der Waals surface area contributed by atoms with Crippen LogP contribution in [0.4, 0.5) is 0 Å². The van der Waals surface area contributed by atoms with Crippen LogP contribution in [-0.4, -0.2) is 23.0 Å². The average Bonchev–Trinajstić information content (AvgIpc) is 2.28. The third-order valence-corrected chi connectivity index (χ3v) is 3.11. The minimum absolute atomic E-state index is 0.735. The number of rotatable bonds is 6. The number of nitrogens with zero attached hydrogens (tertiary/aromatic N) is 2. The molecule has 90 valence electrons. The summed E-state index contributed by atoms with van der Waals surface area (Å²) in [5.41, 5.74) is 1.05. The number of hydrogen-bond acceptors (Lipinski definition) is 2. The summed E-state index contributed by atoms with van der Waals surface area (Å²) in [7, 11) is 0. The smallest absolute Gasteiger partial charge is 0.0558 e. The van der Waals surface area contributed by atoms with Crippen molar-refractivity contribution in [3.8, 4) is 0 Å². The molecule has 1 heterocycles. The van der Waals surface area contributed by atoms with Gasteiger partial charge in [-0.05, 0) is 24.6 Å². The molecule has 1 atom stereocenters. The average molecular weight is 241 g/mol. The molecule has 0 radical (unpaired) electrons. The van der Waals surface area contributed by atoms with Crippen LogP contribution < -0.4 is 0 Å². The molecule has 2 nitrogen and oxygen atoms in total. The molecule has 0 amide bonds. The van der Waals surface area contributed by atoms with Crippen molar-refractivity contribution in [1.82, 2.24) is 9.88 Å². The van der Waals surface area contributed by atoms with Gasteiger partial charge < -0.3 is 0 Å². The second kappa shape index (κ2) is 6.87. The van der Waals surface area contributed by atoms with Crippen molar-refractivity contribution in [2.75, 3.05) is 13.1 Å². The van der Waals surface area contributed by atoms with E-state index in [9.17, 15) is 0 Å². The Hall–Kier alpha value is -0.600. The molecule has 0 saturated heterocycles. The van der Waals surface area contributed by atoms with Crippen LogP contribution in [0.25, 0.3) is 0 Å². The largest absolute Gasteiger partial charge is 0.298 e. The highest BCUT2D eigenvalue weighted by atomic mass is 35.5. The lowest BCUT2D eigenvalue weighted by molar-refractivity contribution is 0.235. The molecule has 3 heteroatoms. The summed E-state index contributed by atoms with van der Waals surface area (Å²) in [5, 5.41) is 0.768. The van der Waals surface area contributed by atoms with Crippen molar-refractivity contribution < 1.29 is 0 Å². The van der Waals surface area contributed by atoms with E-state index in [0.29, 0.717) is 0 Å². The Labute approximate surface area is 104 Å². The highest BCUT2D eigenvalue weighted by molar-refractivity contribution is 6.30. The molecular weight excluding hydrogens is 220 g/mol. The van der Waals surface area contributed by atoms with Gasteiger partial charge in [0.2, 0.25) is 0 Å². The van der Waals surface area contributed by atoms with Crippen molar-refractivity contribution in [1.29, 1.82) is 0 Å². The van der Waals surface area contributed by atoms with Crippen LogP contribution in [-0.2, 0) is 6.54 Å². The van der Waals surface area contributed by atoms with Gasteiger partial charge in [0.05, 0.1) is 5.69 Å². The third kappa shape index (κ3) is 4.50. The van der Waals surface area contributed by atoms with Crippen molar-refractivity contribution in [2.45, 2.75) is 33.7 Å². The Balaban J connectivity index is 2.56. The van der Waals surface area contributed by atoms with Gasteiger partial charge >= 0.3 is 0 Å². The zero-order valence-corrected chi connectivity index (χ0v) is 11.2. The van der Waals surface area contributed by atoms with Gasteiger partial charge in [0.1, 0.15) is 0 Å². The highest BCUT2D eigenvalue weighted by Crippen LogP contribution is 2.11. The fourth-order valence-corrected chi connectivity index (χ4v) is 1.82. The van der Waals surface area contributed by atoms with Gasteiger partial charge in [0, 0.05) is 24.3 Å². The Kier molecular flexibility index (Phi) is 5.78. The van der Waals surface area contributed by atoms with Crippen LogP contribution in [0.5, 0.6) is 0 Å². The molecule has 1 aromatic rings. The minimum Gasteiger partial charge on any atom is -0.298 e. The predicted octanol–water partition coefficient (Wildman–Crippen LogP) is 3.60. The summed E-state index contributed by atoms with van der Waals surface area (Å²) in [4.78, 5) is 6.74. The zero-order valence-electron chi connectivity index (χ0n) is 10.4. The fourth-order valence-electron chi connectivity index (χ4n) is 1.64.